The van der Waals surface area contributed by atoms with Crippen molar-refractivity contribution in [2.45, 2.75) is 70.5 Å². The topological polar surface area (TPSA) is 140 Å². The second kappa shape index (κ2) is 12.7. The van der Waals surface area contributed by atoms with Crippen molar-refractivity contribution in [2.75, 3.05) is 24.2 Å². The van der Waals surface area contributed by atoms with Crippen LogP contribution in [-0.2, 0) is 20.4 Å². The van der Waals surface area contributed by atoms with Gasteiger partial charge in [0.15, 0.2) is 11.0 Å². The van der Waals surface area contributed by atoms with Crippen LogP contribution in [0, 0.1) is 5.41 Å². The van der Waals surface area contributed by atoms with E-state index < -0.39 is 21.5 Å². The molecule has 3 rings (SSSR count). The number of rotatable bonds is 12. The van der Waals surface area contributed by atoms with E-state index in [2.05, 4.69) is 50.1 Å². The maximum atomic E-state index is 13.2. The van der Waals surface area contributed by atoms with Gasteiger partial charge in [0.2, 0.25) is 21.8 Å². The van der Waals surface area contributed by atoms with Gasteiger partial charge in [-0.3, -0.25) is 14.2 Å². The van der Waals surface area contributed by atoms with Crippen molar-refractivity contribution in [2.24, 2.45) is 11.1 Å². The first-order valence-electron chi connectivity index (χ1n) is 13.5. The first kappa shape index (κ1) is 32.3. The molecule has 0 aliphatic carbocycles. The second-order valence-corrected chi connectivity index (χ2v) is 14.5. The van der Waals surface area contributed by atoms with Crippen LogP contribution >= 0.6 is 11.8 Å². The highest BCUT2D eigenvalue weighted by atomic mass is 32.2. The molecule has 0 fully saturated rings. The van der Waals surface area contributed by atoms with Gasteiger partial charge in [0.05, 0.1) is 10.6 Å². The Hall–Kier alpha value is -3.22. The number of nitrogens with one attached hydrogen (secondary N) is 1. The van der Waals surface area contributed by atoms with E-state index in [-0.39, 0.29) is 22.0 Å². The number of anilines is 1. The number of hydrogen-bond acceptors (Lipinski definition) is 7. The Labute approximate surface area is 247 Å². The number of benzene rings is 2. The first-order chi connectivity index (χ1) is 19.1. The number of nitrogens with two attached hydrogens (primary N) is 1. The van der Waals surface area contributed by atoms with Crippen molar-refractivity contribution < 1.29 is 18.0 Å². The number of primary amides is 1. The van der Waals surface area contributed by atoms with Crippen LogP contribution in [0.5, 0.6) is 0 Å². The lowest BCUT2D eigenvalue weighted by atomic mass is 9.81. The molecule has 2 amide bonds. The molecular formula is C29H40N6O4S2. The van der Waals surface area contributed by atoms with E-state index in [1.807, 2.05) is 24.5 Å². The van der Waals surface area contributed by atoms with Gasteiger partial charge >= 0.3 is 0 Å². The predicted molar refractivity (Wildman–Crippen MR) is 163 cm³/mol. The van der Waals surface area contributed by atoms with Gasteiger partial charge < -0.3 is 11.1 Å². The lowest BCUT2D eigenvalue weighted by molar-refractivity contribution is -0.113. The van der Waals surface area contributed by atoms with Gasteiger partial charge in [0.25, 0.3) is 0 Å². The number of carbonyl (C=O) groups excluding carboxylic acids is 2. The molecule has 0 radical (unpaired) electrons. The summed E-state index contributed by atoms with van der Waals surface area (Å²) in [6.45, 7) is 15.0. The third-order valence-corrected chi connectivity index (χ3v) is 9.40. The fraction of sp³-hybridized carbons (Fsp3) is 0.448. The van der Waals surface area contributed by atoms with Crippen molar-refractivity contribution in [1.29, 1.82) is 0 Å². The van der Waals surface area contributed by atoms with Crippen LogP contribution in [0.15, 0.2) is 58.6 Å². The van der Waals surface area contributed by atoms with Crippen LogP contribution in [0.25, 0.3) is 11.4 Å². The summed E-state index contributed by atoms with van der Waals surface area (Å²) in [6.07, 6.45) is 0.772. The summed E-state index contributed by atoms with van der Waals surface area (Å²) in [5, 5.41) is 12.3. The molecule has 0 spiro atoms. The molecule has 41 heavy (non-hydrogen) atoms. The highest BCUT2D eigenvalue weighted by Gasteiger charge is 2.33. The van der Waals surface area contributed by atoms with Gasteiger partial charge in [0.1, 0.15) is 0 Å². The highest BCUT2D eigenvalue weighted by Crippen LogP contribution is 2.38. The first-order valence-corrected chi connectivity index (χ1v) is 15.9. The molecule has 0 unspecified atom stereocenters. The summed E-state index contributed by atoms with van der Waals surface area (Å²) in [5.74, 6) is -0.195. The molecule has 0 bridgehead atoms. The van der Waals surface area contributed by atoms with Gasteiger partial charge in [-0.05, 0) is 62.1 Å². The Balaban J connectivity index is 1.96. The molecule has 2 aromatic carbocycles. The molecule has 0 aliphatic heterocycles. The van der Waals surface area contributed by atoms with Crippen LogP contribution < -0.4 is 11.1 Å². The minimum absolute atomic E-state index is 0.0324. The fourth-order valence-electron chi connectivity index (χ4n) is 5.03. The van der Waals surface area contributed by atoms with Crippen molar-refractivity contribution in [3.05, 3.63) is 54.1 Å². The van der Waals surface area contributed by atoms with Gasteiger partial charge in [-0.25, -0.2) is 8.42 Å². The normalized spacial score (nSPS) is 12.5. The van der Waals surface area contributed by atoms with E-state index in [1.165, 1.54) is 16.1 Å². The smallest absolute Gasteiger partial charge is 0.248 e. The predicted octanol–water partition coefficient (Wildman–Crippen LogP) is 4.98. The zero-order valence-corrected chi connectivity index (χ0v) is 26.4. The molecule has 10 nitrogen and oxygen atoms in total. The van der Waals surface area contributed by atoms with Crippen molar-refractivity contribution in [1.82, 2.24) is 19.1 Å². The van der Waals surface area contributed by atoms with Gasteiger partial charge in [-0.1, -0.05) is 58.5 Å². The van der Waals surface area contributed by atoms with Crippen LogP contribution in [0.4, 0.5) is 5.69 Å². The van der Waals surface area contributed by atoms with Crippen LogP contribution in [0.1, 0.15) is 65.2 Å². The summed E-state index contributed by atoms with van der Waals surface area (Å²) in [6, 6.07) is 13.1. The van der Waals surface area contributed by atoms with Crippen LogP contribution in [0.2, 0.25) is 0 Å². The van der Waals surface area contributed by atoms with Gasteiger partial charge in [-0.15, -0.1) is 10.2 Å². The number of thioether (sulfide) groups is 1. The maximum absolute atomic E-state index is 13.2. The number of amides is 2. The monoisotopic (exact) mass is 600 g/mol. The molecule has 0 aliphatic rings. The number of sulfonamides is 1. The molecule has 0 saturated carbocycles. The number of aromatic nitrogens is 3. The SMILES string of the molecule is CCN(CC)S(=O)(=O)c1cccc(-c2nnc(SCC(=O)Nc3ccc(C(N)=O)cc3)n2C(C)(C)CC(C)(C)C)c1. The van der Waals surface area contributed by atoms with Crippen LogP contribution in [0.3, 0.4) is 0 Å². The lowest BCUT2D eigenvalue weighted by Crippen LogP contribution is -2.33. The Morgan fingerprint density at radius 2 is 1.63 bits per heavy atom. The van der Waals surface area contributed by atoms with Crippen molar-refractivity contribution >= 4 is 39.3 Å². The van der Waals surface area contributed by atoms with E-state index in [4.69, 9.17) is 5.73 Å². The molecule has 1 aromatic heterocycles. The average molecular weight is 601 g/mol. The molecule has 3 N–H and O–H groups in total. The minimum Gasteiger partial charge on any atom is -0.366 e. The summed E-state index contributed by atoms with van der Waals surface area (Å²) in [7, 11) is -3.67. The molecular weight excluding hydrogens is 560 g/mol. The quantitative estimate of drug-likeness (QED) is 0.280. The molecule has 12 heteroatoms. The lowest BCUT2D eigenvalue weighted by Gasteiger charge is -2.35. The van der Waals surface area contributed by atoms with Crippen molar-refractivity contribution in [3.8, 4) is 11.4 Å². The number of carbonyl (C=O) groups is 2. The van der Waals surface area contributed by atoms with Crippen molar-refractivity contribution in [3.63, 3.8) is 0 Å². The molecule has 0 saturated heterocycles. The number of nitrogens with zero attached hydrogens (tertiary/aromatic N) is 4. The Bertz CT molecular complexity index is 1490. The summed E-state index contributed by atoms with van der Waals surface area (Å²) >= 11 is 1.25. The average Bonchev–Trinajstić information content (AvgIpc) is 3.32. The zero-order valence-electron chi connectivity index (χ0n) is 24.8. The van der Waals surface area contributed by atoms with E-state index in [0.29, 0.717) is 40.9 Å². The zero-order chi connectivity index (χ0) is 30.6. The summed E-state index contributed by atoms with van der Waals surface area (Å²) < 4.78 is 29.9. The van der Waals surface area contributed by atoms with E-state index >= 15 is 0 Å². The highest BCUT2D eigenvalue weighted by molar-refractivity contribution is 7.99. The second-order valence-electron chi connectivity index (χ2n) is 11.6. The standard InChI is InChI=1S/C29H40N6O4S2/c1-8-34(9-2)41(38,39)23-12-10-11-21(17-23)26-32-33-27(35(26)29(6,7)19-28(3,4)5)40-18-24(36)31-22-15-13-20(14-16-22)25(30)37/h10-17H,8-9,18-19H2,1-7H3,(H2,30,37)(H,31,36). The molecule has 222 valence electrons. The van der Waals surface area contributed by atoms with Gasteiger partial charge in [0, 0.05) is 35.4 Å². The Morgan fingerprint density at radius 1 is 1.00 bits per heavy atom. The summed E-state index contributed by atoms with van der Waals surface area (Å²) in [4.78, 5) is 24.3. The van der Waals surface area contributed by atoms with E-state index in [1.54, 1.807) is 42.5 Å². The Kier molecular flexibility index (Phi) is 10.0. The molecule has 1 heterocycles. The maximum Gasteiger partial charge on any atom is 0.248 e. The third kappa shape index (κ3) is 7.96. The molecule has 0 atom stereocenters. The fourth-order valence-corrected chi connectivity index (χ4v) is 7.42. The van der Waals surface area contributed by atoms with Crippen LogP contribution in [-0.4, -0.2) is 58.1 Å². The third-order valence-electron chi connectivity index (χ3n) is 6.42. The minimum atomic E-state index is -3.67. The van der Waals surface area contributed by atoms with E-state index in [9.17, 15) is 18.0 Å². The van der Waals surface area contributed by atoms with Gasteiger partial charge in [-0.2, -0.15) is 4.31 Å². The summed E-state index contributed by atoms with van der Waals surface area (Å²) in [5.41, 5.74) is 6.31. The Morgan fingerprint density at radius 3 is 2.20 bits per heavy atom. The number of hydrogen-bond donors (Lipinski definition) is 2. The van der Waals surface area contributed by atoms with E-state index in [0.717, 1.165) is 6.42 Å². The largest absolute Gasteiger partial charge is 0.366 e. The molecule has 3 aromatic rings.